The maximum absolute atomic E-state index is 12.4. The third-order valence-electron chi connectivity index (χ3n) is 4.12. The van der Waals surface area contributed by atoms with Crippen molar-refractivity contribution in [3.63, 3.8) is 0 Å². The van der Waals surface area contributed by atoms with E-state index < -0.39 is 0 Å². The molecule has 2 aromatic carbocycles. The molecule has 126 valence electrons. The molecule has 0 bridgehead atoms. The van der Waals surface area contributed by atoms with Gasteiger partial charge in [0.15, 0.2) is 11.5 Å². The molecule has 0 unspecified atom stereocenters. The Labute approximate surface area is 149 Å². The summed E-state index contributed by atoms with van der Waals surface area (Å²) in [7, 11) is 0. The van der Waals surface area contributed by atoms with Crippen molar-refractivity contribution in [2.24, 2.45) is 0 Å². The molecule has 0 spiro atoms. The van der Waals surface area contributed by atoms with E-state index in [1.807, 2.05) is 48.5 Å². The number of para-hydroxylation sites is 1. The summed E-state index contributed by atoms with van der Waals surface area (Å²) in [5, 5.41) is 7.52. The highest BCUT2D eigenvalue weighted by molar-refractivity contribution is 6.30. The molecule has 25 heavy (non-hydrogen) atoms. The number of hydrogen-bond acceptors (Lipinski definition) is 4. The number of benzene rings is 2. The van der Waals surface area contributed by atoms with Crippen LogP contribution in [0.4, 0.5) is 0 Å². The molecule has 0 fully saturated rings. The van der Waals surface area contributed by atoms with Crippen molar-refractivity contribution in [2.75, 3.05) is 6.54 Å². The van der Waals surface area contributed by atoms with Gasteiger partial charge >= 0.3 is 0 Å². The first-order valence-corrected chi connectivity index (χ1v) is 8.33. The third-order valence-corrected chi connectivity index (χ3v) is 4.37. The van der Waals surface area contributed by atoms with Gasteiger partial charge in [-0.1, -0.05) is 41.0 Å². The Morgan fingerprint density at radius 2 is 1.96 bits per heavy atom. The van der Waals surface area contributed by atoms with Gasteiger partial charge in [-0.2, -0.15) is 0 Å². The molecule has 1 aliphatic heterocycles. The summed E-state index contributed by atoms with van der Waals surface area (Å²) in [5.41, 5.74) is 2.88. The van der Waals surface area contributed by atoms with E-state index in [-0.39, 0.29) is 18.2 Å². The fourth-order valence-electron chi connectivity index (χ4n) is 2.82. The van der Waals surface area contributed by atoms with Gasteiger partial charge in [-0.05, 0) is 36.2 Å². The Hall–Kier alpha value is -2.79. The van der Waals surface area contributed by atoms with Gasteiger partial charge in [-0.25, -0.2) is 0 Å². The van der Waals surface area contributed by atoms with E-state index in [1.165, 1.54) is 0 Å². The maximum atomic E-state index is 12.4. The Morgan fingerprint density at radius 1 is 1.16 bits per heavy atom. The standard InChI is InChI=1S/C19H15ClN2O3/c20-13-7-5-12(6-8-13)9-10-21-19(23)17-15-11-24-16-4-2-1-3-14(16)18(15)25-22-17/h1-8H,9-11H2,(H,21,23). The van der Waals surface area contributed by atoms with Gasteiger partial charge in [0, 0.05) is 11.6 Å². The minimum Gasteiger partial charge on any atom is -0.488 e. The van der Waals surface area contributed by atoms with Crippen molar-refractivity contribution in [3.8, 4) is 17.1 Å². The lowest BCUT2D eigenvalue weighted by Gasteiger charge is -2.15. The molecule has 0 saturated heterocycles. The predicted octanol–water partition coefficient (Wildman–Crippen LogP) is 3.86. The van der Waals surface area contributed by atoms with E-state index in [1.54, 1.807) is 0 Å². The summed E-state index contributed by atoms with van der Waals surface area (Å²) in [6, 6.07) is 15.1. The van der Waals surface area contributed by atoms with Crippen LogP contribution in [0.3, 0.4) is 0 Å². The van der Waals surface area contributed by atoms with Crippen molar-refractivity contribution in [1.82, 2.24) is 10.5 Å². The number of rotatable bonds is 4. The number of amides is 1. The summed E-state index contributed by atoms with van der Waals surface area (Å²) < 4.78 is 11.1. The van der Waals surface area contributed by atoms with Gasteiger partial charge in [-0.3, -0.25) is 4.79 Å². The first kappa shape index (κ1) is 15.7. The number of carbonyl (C=O) groups is 1. The van der Waals surface area contributed by atoms with Gasteiger partial charge < -0.3 is 14.6 Å². The Morgan fingerprint density at radius 3 is 2.80 bits per heavy atom. The number of halogens is 1. The van der Waals surface area contributed by atoms with Crippen LogP contribution >= 0.6 is 11.6 Å². The van der Waals surface area contributed by atoms with Gasteiger partial charge in [0.05, 0.1) is 11.1 Å². The smallest absolute Gasteiger partial charge is 0.273 e. The number of nitrogens with zero attached hydrogens (tertiary/aromatic N) is 1. The van der Waals surface area contributed by atoms with Crippen molar-refractivity contribution in [2.45, 2.75) is 13.0 Å². The average Bonchev–Trinajstić information content (AvgIpc) is 3.08. The second-order valence-electron chi connectivity index (χ2n) is 5.76. The fraction of sp³-hybridized carbons (Fsp3) is 0.158. The van der Waals surface area contributed by atoms with Crippen molar-refractivity contribution < 1.29 is 14.1 Å². The van der Waals surface area contributed by atoms with Crippen LogP contribution in [0.2, 0.25) is 5.02 Å². The molecule has 6 heteroatoms. The summed E-state index contributed by atoms with van der Waals surface area (Å²) in [6.45, 7) is 0.773. The molecule has 2 heterocycles. The zero-order chi connectivity index (χ0) is 17.2. The molecule has 1 amide bonds. The van der Waals surface area contributed by atoms with Crippen LogP contribution in [0.15, 0.2) is 53.1 Å². The summed E-state index contributed by atoms with van der Waals surface area (Å²) >= 11 is 5.87. The molecule has 5 nitrogen and oxygen atoms in total. The zero-order valence-electron chi connectivity index (χ0n) is 13.3. The number of carbonyl (C=O) groups excluding carboxylic acids is 1. The number of fused-ring (bicyclic) bond motifs is 3. The lowest BCUT2D eigenvalue weighted by atomic mass is 10.0. The van der Waals surface area contributed by atoms with Gasteiger partial charge in [-0.15, -0.1) is 0 Å². The van der Waals surface area contributed by atoms with Crippen LogP contribution < -0.4 is 10.1 Å². The van der Waals surface area contributed by atoms with Crippen LogP contribution in [0.5, 0.6) is 5.75 Å². The Balaban J connectivity index is 1.45. The summed E-state index contributed by atoms with van der Waals surface area (Å²) in [5.74, 6) is 1.08. The molecule has 0 atom stereocenters. The quantitative estimate of drug-likeness (QED) is 0.772. The van der Waals surface area contributed by atoms with Crippen LogP contribution in [-0.4, -0.2) is 17.6 Å². The molecular weight excluding hydrogens is 340 g/mol. The van der Waals surface area contributed by atoms with Gasteiger partial charge in [0.2, 0.25) is 0 Å². The largest absolute Gasteiger partial charge is 0.488 e. The van der Waals surface area contributed by atoms with Crippen molar-refractivity contribution in [1.29, 1.82) is 0 Å². The van der Waals surface area contributed by atoms with Crippen molar-refractivity contribution >= 4 is 17.5 Å². The monoisotopic (exact) mass is 354 g/mol. The zero-order valence-corrected chi connectivity index (χ0v) is 14.0. The van der Waals surface area contributed by atoms with Gasteiger partial charge in [0.1, 0.15) is 12.4 Å². The normalized spacial score (nSPS) is 12.0. The minimum absolute atomic E-state index is 0.262. The lowest BCUT2D eigenvalue weighted by Crippen LogP contribution is -2.27. The van der Waals surface area contributed by atoms with Crippen LogP contribution in [0.1, 0.15) is 21.6 Å². The van der Waals surface area contributed by atoms with E-state index in [4.69, 9.17) is 20.9 Å². The SMILES string of the molecule is O=C(NCCc1ccc(Cl)cc1)c1noc2c1COc1ccccc1-2. The molecule has 0 radical (unpaired) electrons. The number of ether oxygens (including phenoxy) is 1. The molecule has 3 aromatic rings. The molecule has 1 aromatic heterocycles. The Kier molecular flexibility index (Phi) is 4.15. The number of aromatic nitrogens is 1. The van der Waals surface area contributed by atoms with E-state index in [9.17, 15) is 4.79 Å². The van der Waals surface area contributed by atoms with Crippen LogP contribution in [-0.2, 0) is 13.0 Å². The molecule has 0 aliphatic carbocycles. The second kappa shape index (κ2) is 6.61. The number of hydrogen-bond donors (Lipinski definition) is 1. The Bertz CT molecular complexity index is 919. The highest BCUT2D eigenvalue weighted by Gasteiger charge is 2.28. The van der Waals surface area contributed by atoms with E-state index in [2.05, 4.69) is 10.5 Å². The maximum Gasteiger partial charge on any atom is 0.273 e. The van der Waals surface area contributed by atoms with Gasteiger partial charge in [0.25, 0.3) is 5.91 Å². The highest BCUT2D eigenvalue weighted by atomic mass is 35.5. The number of nitrogens with one attached hydrogen (secondary N) is 1. The topological polar surface area (TPSA) is 64.4 Å². The molecule has 1 aliphatic rings. The summed E-state index contributed by atoms with van der Waals surface area (Å²) in [6.07, 6.45) is 0.711. The first-order chi connectivity index (χ1) is 12.2. The van der Waals surface area contributed by atoms with Crippen LogP contribution in [0.25, 0.3) is 11.3 Å². The van der Waals surface area contributed by atoms with Crippen molar-refractivity contribution in [3.05, 3.63) is 70.4 Å². The highest BCUT2D eigenvalue weighted by Crippen LogP contribution is 2.38. The van der Waals surface area contributed by atoms with E-state index in [0.717, 1.165) is 16.9 Å². The second-order valence-corrected chi connectivity index (χ2v) is 6.19. The van der Waals surface area contributed by atoms with Crippen LogP contribution in [0, 0.1) is 0 Å². The van der Waals surface area contributed by atoms with E-state index in [0.29, 0.717) is 29.3 Å². The first-order valence-electron chi connectivity index (χ1n) is 7.96. The minimum atomic E-state index is -0.262. The molecular formula is C19H15ClN2O3. The molecule has 1 N–H and O–H groups in total. The average molecular weight is 355 g/mol. The van der Waals surface area contributed by atoms with E-state index >= 15 is 0 Å². The third kappa shape index (κ3) is 3.10. The summed E-state index contributed by atoms with van der Waals surface area (Å²) in [4.78, 5) is 12.4. The predicted molar refractivity (Wildman–Crippen MR) is 93.8 cm³/mol. The lowest BCUT2D eigenvalue weighted by molar-refractivity contribution is 0.0943. The molecule has 0 saturated carbocycles. The fourth-order valence-corrected chi connectivity index (χ4v) is 2.94. The molecule has 4 rings (SSSR count).